The molecule has 1 N–H and O–H groups in total. The fourth-order valence-corrected chi connectivity index (χ4v) is 1.73. The van der Waals surface area contributed by atoms with E-state index in [0.29, 0.717) is 11.3 Å². The zero-order valence-corrected chi connectivity index (χ0v) is 12.9. The molecule has 0 bridgehead atoms. The van der Waals surface area contributed by atoms with E-state index < -0.39 is 5.54 Å². The highest BCUT2D eigenvalue weighted by Crippen LogP contribution is 2.16. The summed E-state index contributed by atoms with van der Waals surface area (Å²) < 4.78 is 6.71. The first-order valence-electron chi connectivity index (χ1n) is 6.42. The summed E-state index contributed by atoms with van der Waals surface area (Å²) in [5.74, 6) is -0.320. The first-order chi connectivity index (χ1) is 9.13. The van der Waals surface area contributed by atoms with Crippen molar-refractivity contribution in [2.24, 2.45) is 0 Å². The smallest absolute Gasteiger partial charge is 0.256 e. The van der Waals surface area contributed by atoms with E-state index in [2.05, 4.69) is 16.5 Å². The number of carbonyl (C=O) groups excluding carboxylic acids is 1. The van der Waals surface area contributed by atoms with E-state index in [1.807, 2.05) is 20.8 Å². The van der Waals surface area contributed by atoms with Crippen molar-refractivity contribution in [1.29, 1.82) is 5.26 Å². The Hall–Kier alpha value is -1.87. The van der Waals surface area contributed by atoms with E-state index in [1.165, 1.54) is 7.11 Å². The molecule has 0 fully saturated rings. The summed E-state index contributed by atoms with van der Waals surface area (Å²) in [5.41, 5.74) is -0.149. The number of ether oxygens (including phenoxy) is 1. The Morgan fingerprint density at radius 1 is 1.50 bits per heavy atom. The highest BCUT2D eigenvalue weighted by Gasteiger charge is 2.28. The van der Waals surface area contributed by atoms with Crippen molar-refractivity contribution in [3.05, 3.63) is 17.5 Å². The third kappa shape index (κ3) is 3.58. The zero-order chi connectivity index (χ0) is 15.6. The first-order valence-corrected chi connectivity index (χ1v) is 6.42. The predicted molar refractivity (Wildman–Crippen MR) is 75.3 cm³/mol. The van der Waals surface area contributed by atoms with Gasteiger partial charge in [-0.3, -0.25) is 9.48 Å². The Kier molecular flexibility index (Phi) is 4.56. The molecular weight excluding hydrogens is 256 g/mol. The largest absolute Gasteiger partial charge is 0.381 e. The average molecular weight is 278 g/mol. The highest BCUT2D eigenvalue weighted by molar-refractivity contribution is 5.95. The number of nitriles is 1. The topological polar surface area (TPSA) is 79.9 Å². The molecule has 0 aliphatic rings. The number of hydrogen-bond donors (Lipinski definition) is 1. The van der Waals surface area contributed by atoms with E-state index in [0.717, 1.165) is 0 Å². The van der Waals surface area contributed by atoms with Crippen molar-refractivity contribution in [2.75, 3.05) is 13.7 Å². The standard InChI is InChI=1S/C14H22N4O2/c1-10-11(7-18(17-10)13(2,3)4)12(19)16-14(5,8-15)9-20-6/h7H,9H2,1-6H3,(H,16,19). The molecule has 0 radical (unpaired) electrons. The van der Waals surface area contributed by atoms with Gasteiger partial charge in [-0.15, -0.1) is 0 Å². The van der Waals surface area contributed by atoms with Gasteiger partial charge in [-0.25, -0.2) is 0 Å². The molecule has 6 nitrogen and oxygen atoms in total. The lowest BCUT2D eigenvalue weighted by molar-refractivity contribution is 0.0859. The van der Waals surface area contributed by atoms with Crippen LogP contribution in [0, 0.1) is 18.3 Å². The minimum Gasteiger partial charge on any atom is -0.381 e. The van der Waals surface area contributed by atoms with E-state index in [9.17, 15) is 4.79 Å². The first kappa shape index (κ1) is 16.2. The summed E-state index contributed by atoms with van der Waals surface area (Å²) in [6.45, 7) is 9.54. The van der Waals surface area contributed by atoms with Crippen LogP contribution in [0.2, 0.25) is 0 Å². The van der Waals surface area contributed by atoms with E-state index in [1.54, 1.807) is 24.7 Å². The molecule has 6 heteroatoms. The summed E-state index contributed by atoms with van der Waals surface area (Å²) in [5, 5.41) is 16.2. The molecule has 1 rings (SSSR count). The van der Waals surface area contributed by atoms with Crippen LogP contribution < -0.4 is 5.32 Å². The number of hydrogen-bond acceptors (Lipinski definition) is 4. The second-order valence-electron chi connectivity index (χ2n) is 6.07. The van der Waals surface area contributed by atoms with Gasteiger partial charge < -0.3 is 10.1 Å². The molecule has 1 aromatic heterocycles. The number of amides is 1. The van der Waals surface area contributed by atoms with E-state index in [-0.39, 0.29) is 18.1 Å². The SMILES string of the molecule is COCC(C)(C#N)NC(=O)c1cn(C(C)(C)C)nc1C. The molecule has 0 aliphatic carbocycles. The molecule has 1 heterocycles. The maximum atomic E-state index is 12.3. The van der Waals surface area contributed by atoms with Crippen LogP contribution in [0.1, 0.15) is 43.7 Å². The second kappa shape index (κ2) is 5.63. The van der Waals surface area contributed by atoms with Crippen LogP contribution >= 0.6 is 0 Å². The minimum absolute atomic E-state index is 0.127. The maximum absolute atomic E-state index is 12.3. The van der Waals surface area contributed by atoms with Crippen LogP contribution in [0.25, 0.3) is 0 Å². The number of aromatic nitrogens is 2. The molecule has 0 saturated heterocycles. The number of nitrogens with zero attached hydrogens (tertiary/aromatic N) is 3. The molecule has 1 atom stereocenters. The van der Waals surface area contributed by atoms with Crippen LogP contribution in [0.3, 0.4) is 0 Å². The second-order valence-corrected chi connectivity index (χ2v) is 6.07. The number of carbonyl (C=O) groups is 1. The van der Waals surface area contributed by atoms with Gasteiger partial charge in [0.15, 0.2) is 0 Å². The lowest BCUT2D eigenvalue weighted by Gasteiger charge is -2.22. The van der Waals surface area contributed by atoms with Crippen molar-refractivity contribution in [1.82, 2.24) is 15.1 Å². The van der Waals surface area contributed by atoms with Gasteiger partial charge in [0.1, 0.15) is 5.54 Å². The fraction of sp³-hybridized carbons (Fsp3) is 0.643. The number of nitrogens with one attached hydrogen (secondary N) is 1. The molecule has 0 aliphatic heterocycles. The molecule has 0 saturated carbocycles. The van der Waals surface area contributed by atoms with Gasteiger partial charge in [0.25, 0.3) is 5.91 Å². The van der Waals surface area contributed by atoms with Crippen molar-refractivity contribution in [3.8, 4) is 6.07 Å². The van der Waals surface area contributed by atoms with Crippen LogP contribution in [0.5, 0.6) is 0 Å². The van der Waals surface area contributed by atoms with Gasteiger partial charge in [-0.2, -0.15) is 10.4 Å². The molecule has 1 aromatic rings. The van der Waals surface area contributed by atoms with Crippen LogP contribution in [-0.2, 0) is 10.3 Å². The molecule has 0 spiro atoms. The summed E-state index contributed by atoms with van der Waals surface area (Å²) in [7, 11) is 1.49. The predicted octanol–water partition coefficient (Wildman–Crippen LogP) is 1.60. The summed E-state index contributed by atoms with van der Waals surface area (Å²) in [6, 6.07) is 2.05. The molecule has 0 aromatic carbocycles. The third-order valence-electron chi connectivity index (χ3n) is 2.90. The molecule has 20 heavy (non-hydrogen) atoms. The summed E-state index contributed by atoms with van der Waals surface area (Å²) in [4.78, 5) is 12.3. The maximum Gasteiger partial charge on any atom is 0.256 e. The van der Waals surface area contributed by atoms with Crippen molar-refractivity contribution >= 4 is 5.91 Å². The Bertz CT molecular complexity index is 536. The van der Waals surface area contributed by atoms with Crippen molar-refractivity contribution < 1.29 is 9.53 Å². The van der Waals surface area contributed by atoms with Gasteiger partial charge in [0.2, 0.25) is 0 Å². The summed E-state index contributed by atoms with van der Waals surface area (Å²) >= 11 is 0. The van der Waals surface area contributed by atoms with Crippen LogP contribution in [0.15, 0.2) is 6.20 Å². The van der Waals surface area contributed by atoms with Gasteiger partial charge in [0, 0.05) is 13.3 Å². The normalized spacial score (nSPS) is 14.4. The Balaban J connectivity index is 3.00. The van der Waals surface area contributed by atoms with Gasteiger partial charge in [-0.1, -0.05) is 0 Å². The van der Waals surface area contributed by atoms with Crippen LogP contribution in [-0.4, -0.2) is 34.9 Å². The van der Waals surface area contributed by atoms with Gasteiger partial charge in [-0.05, 0) is 34.6 Å². The lowest BCUT2D eigenvalue weighted by Crippen LogP contribution is -2.48. The molecule has 1 unspecified atom stereocenters. The average Bonchev–Trinajstić information content (AvgIpc) is 2.71. The van der Waals surface area contributed by atoms with Crippen molar-refractivity contribution in [3.63, 3.8) is 0 Å². The number of methoxy groups -OCH3 is 1. The Morgan fingerprint density at radius 2 is 2.10 bits per heavy atom. The minimum atomic E-state index is -1.05. The van der Waals surface area contributed by atoms with Crippen molar-refractivity contribution in [2.45, 2.75) is 45.7 Å². The zero-order valence-electron chi connectivity index (χ0n) is 12.9. The van der Waals surface area contributed by atoms with Gasteiger partial charge in [0.05, 0.1) is 29.5 Å². The summed E-state index contributed by atoms with van der Waals surface area (Å²) in [6.07, 6.45) is 1.70. The van der Waals surface area contributed by atoms with Gasteiger partial charge >= 0.3 is 0 Å². The number of rotatable bonds is 4. The quantitative estimate of drug-likeness (QED) is 0.907. The van der Waals surface area contributed by atoms with E-state index in [4.69, 9.17) is 10.00 Å². The Morgan fingerprint density at radius 3 is 2.50 bits per heavy atom. The molecule has 110 valence electrons. The number of aryl methyl sites for hydroxylation is 1. The monoisotopic (exact) mass is 278 g/mol. The third-order valence-corrected chi connectivity index (χ3v) is 2.90. The highest BCUT2D eigenvalue weighted by atomic mass is 16.5. The van der Waals surface area contributed by atoms with Crippen LogP contribution in [0.4, 0.5) is 0 Å². The fourth-order valence-electron chi connectivity index (χ4n) is 1.73. The van der Waals surface area contributed by atoms with E-state index >= 15 is 0 Å². The molecule has 1 amide bonds. The Labute approximate surface area is 119 Å². The lowest BCUT2D eigenvalue weighted by atomic mass is 10.1. The molecular formula is C14H22N4O2.